The van der Waals surface area contributed by atoms with Crippen molar-refractivity contribution in [1.82, 2.24) is 10.2 Å². The molecule has 2 aromatic carbocycles. The molecule has 2 aliphatic rings. The van der Waals surface area contributed by atoms with Gasteiger partial charge in [0.1, 0.15) is 0 Å². The number of para-hydroxylation sites is 1. The van der Waals surface area contributed by atoms with Crippen LogP contribution in [0.4, 0.5) is 10.8 Å². The second-order valence-electron chi connectivity index (χ2n) is 7.02. The lowest BCUT2D eigenvalue weighted by Crippen LogP contribution is -2.30. The predicted molar refractivity (Wildman–Crippen MR) is 123 cm³/mol. The number of nitrogens with one attached hydrogen (secondary N) is 1. The molecule has 0 aliphatic carbocycles. The van der Waals surface area contributed by atoms with Gasteiger partial charge in [-0.2, -0.15) is 0 Å². The summed E-state index contributed by atoms with van der Waals surface area (Å²) in [5, 5.41) is 11.1. The van der Waals surface area contributed by atoms with Gasteiger partial charge >= 0.3 is 0 Å². The maximum Gasteiger partial charge on any atom is 0.250 e. The van der Waals surface area contributed by atoms with Gasteiger partial charge in [-0.25, -0.2) is 0 Å². The number of aromatic nitrogens is 2. The maximum atomic E-state index is 12.6. The fourth-order valence-corrected chi connectivity index (χ4v) is 5.08. The molecule has 10 heteroatoms. The number of amides is 2. The van der Waals surface area contributed by atoms with E-state index in [2.05, 4.69) is 21.6 Å². The van der Waals surface area contributed by atoms with Gasteiger partial charge in [0.15, 0.2) is 15.8 Å². The van der Waals surface area contributed by atoms with Gasteiger partial charge in [-0.05, 0) is 41.8 Å². The number of carbonyl (C=O) groups excluding carboxylic acids is 2. The smallest absolute Gasteiger partial charge is 0.250 e. The highest BCUT2D eigenvalue weighted by atomic mass is 32.2. The third-order valence-electron chi connectivity index (χ3n) is 4.97. The van der Waals surface area contributed by atoms with Gasteiger partial charge in [0.2, 0.25) is 23.7 Å². The first-order valence-corrected chi connectivity index (χ1v) is 11.7. The minimum absolute atomic E-state index is 0.0346. The number of hydrogen-bond donors (Lipinski definition) is 1. The van der Waals surface area contributed by atoms with Crippen molar-refractivity contribution in [2.75, 3.05) is 29.3 Å². The molecule has 2 amide bonds. The number of carbonyl (C=O) groups is 2. The molecular weight excluding hydrogens is 448 g/mol. The van der Waals surface area contributed by atoms with Crippen LogP contribution in [0.15, 0.2) is 52.9 Å². The molecule has 0 spiro atoms. The Bertz CT molecular complexity index is 1210. The Morgan fingerprint density at radius 2 is 2.03 bits per heavy atom. The number of rotatable bonds is 6. The van der Waals surface area contributed by atoms with E-state index in [9.17, 15) is 9.59 Å². The fourth-order valence-electron chi connectivity index (χ4n) is 3.45. The quantitative estimate of drug-likeness (QED) is 0.337. The van der Waals surface area contributed by atoms with E-state index < -0.39 is 0 Å². The summed E-state index contributed by atoms with van der Waals surface area (Å²) in [6, 6.07) is 13.4. The van der Waals surface area contributed by atoms with E-state index in [1.807, 2.05) is 35.2 Å². The van der Waals surface area contributed by atoms with E-state index in [0.29, 0.717) is 27.5 Å². The van der Waals surface area contributed by atoms with Crippen LogP contribution in [-0.4, -0.2) is 41.1 Å². The summed E-state index contributed by atoms with van der Waals surface area (Å²) in [4.78, 5) is 26.6. The van der Waals surface area contributed by atoms with Gasteiger partial charge in [-0.1, -0.05) is 47.4 Å². The fraction of sp³-hybridized carbons (Fsp3) is 0.182. The van der Waals surface area contributed by atoms with Crippen LogP contribution in [0.1, 0.15) is 11.1 Å². The highest BCUT2D eigenvalue weighted by Gasteiger charge is 2.24. The van der Waals surface area contributed by atoms with Crippen molar-refractivity contribution >= 4 is 51.8 Å². The van der Waals surface area contributed by atoms with Gasteiger partial charge in [0.05, 0.1) is 5.75 Å². The van der Waals surface area contributed by atoms with Gasteiger partial charge in [0, 0.05) is 18.3 Å². The molecule has 0 atom stereocenters. The zero-order valence-electron chi connectivity index (χ0n) is 16.8. The first-order chi connectivity index (χ1) is 15.7. The van der Waals surface area contributed by atoms with E-state index in [4.69, 9.17) is 9.47 Å². The lowest BCUT2D eigenvalue weighted by molar-refractivity contribution is -0.116. The standard InChI is InChI=1S/C22H18N4O4S2/c27-19(8-6-14-5-7-17-18(11-14)30-13-29-17)23-21-24-25-22(32-21)31-12-20(28)26-10-9-15-3-1-2-4-16(15)26/h1-8,11H,9-10,12-13H2,(H,23,24,27)/b8-6+. The summed E-state index contributed by atoms with van der Waals surface area (Å²) in [5.74, 6) is 1.33. The maximum absolute atomic E-state index is 12.6. The van der Waals surface area contributed by atoms with Crippen LogP contribution < -0.4 is 19.7 Å². The monoisotopic (exact) mass is 466 g/mol. The molecule has 0 saturated carbocycles. The number of fused-ring (bicyclic) bond motifs is 2. The molecule has 8 nitrogen and oxygen atoms in total. The number of nitrogens with zero attached hydrogens (tertiary/aromatic N) is 3. The highest BCUT2D eigenvalue weighted by Crippen LogP contribution is 2.33. The van der Waals surface area contributed by atoms with Crippen molar-refractivity contribution in [3.8, 4) is 11.5 Å². The van der Waals surface area contributed by atoms with Gasteiger partial charge in [-0.3, -0.25) is 14.9 Å². The third-order valence-corrected chi connectivity index (χ3v) is 6.92. The molecule has 162 valence electrons. The summed E-state index contributed by atoms with van der Waals surface area (Å²) < 4.78 is 11.2. The van der Waals surface area contributed by atoms with Crippen LogP contribution >= 0.6 is 23.1 Å². The van der Waals surface area contributed by atoms with Crippen LogP contribution in [0.25, 0.3) is 6.08 Å². The minimum Gasteiger partial charge on any atom is -0.454 e. The third kappa shape index (κ3) is 4.46. The van der Waals surface area contributed by atoms with E-state index in [-0.39, 0.29) is 24.4 Å². The van der Waals surface area contributed by atoms with Crippen molar-refractivity contribution in [1.29, 1.82) is 0 Å². The molecule has 5 rings (SSSR count). The number of anilines is 2. The summed E-state index contributed by atoms with van der Waals surface area (Å²) >= 11 is 2.56. The predicted octanol–water partition coefficient (Wildman–Crippen LogP) is 3.60. The zero-order chi connectivity index (χ0) is 21.9. The second-order valence-corrected chi connectivity index (χ2v) is 9.22. The summed E-state index contributed by atoms with van der Waals surface area (Å²) in [5.41, 5.74) is 3.00. The molecule has 32 heavy (non-hydrogen) atoms. The molecule has 3 heterocycles. The van der Waals surface area contributed by atoms with Crippen molar-refractivity contribution in [2.45, 2.75) is 10.8 Å². The van der Waals surface area contributed by atoms with Crippen LogP contribution in [0.3, 0.4) is 0 Å². The Morgan fingerprint density at radius 1 is 1.16 bits per heavy atom. The first-order valence-electron chi connectivity index (χ1n) is 9.89. The molecule has 3 aromatic rings. The minimum atomic E-state index is -0.319. The van der Waals surface area contributed by atoms with Crippen LogP contribution in [0.5, 0.6) is 11.5 Å². The average Bonchev–Trinajstić information content (AvgIpc) is 3.55. The van der Waals surface area contributed by atoms with E-state index in [0.717, 1.165) is 17.7 Å². The van der Waals surface area contributed by atoms with Gasteiger partial charge in [-0.15, -0.1) is 10.2 Å². The SMILES string of the molecule is O=C(/C=C/c1ccc2c(c1)OCO2)Nc1nnc(SCC(=O)N2CCc3ccccc32)s1. The number of thioether (sulfide) groups is 1. The Morgan fingerprint density at radius 3 is 2.97 bits per heavy atom. The molecule has 0 radical (unpaired) electrons. The van der Waals surface area contributed by atoms with Crippen molar-refractivity contribution in [3.05, 3.63) is 59.7 Å². The Labute approximate surface area is 192 Å². The van der Waals surface area contributed by atoms with E-state index in [1.165, 1.54) is 34.7 Å². The normalized spacial score (nSPS) is 14.1. The summed E-state index contributed by atoms with van der Waals surface area (Å²) in [7, 11) is 0. The van der Waals surface area contributed by atoms with Crippen molar-refractivity contribution in [3.63, 3.8) is 0 Å². The molecule has 1 aromatic heterocycles. The van der Waals surface area contributed by atoms with Gasteiger partial charge < -0.3 is 14.4 Å². The van der Waals surface area contributed by atoms with Crippen molar-refractivity contribution < 1.29 is 19.1 Å². The zero-order valence-corrected chi connectivity index (χ0v) is 18.4. The summed E-state index contributed by atoms with van der Waals surface area (Å²) in [6.07, 6.45) is 3.97. The molecular formula is C22H18N4O4S2. The molecule has 0 saturated heterocycles. The first kappa shape index (κ1) is 20.5. The molecule has 0 fully saturated rings. The van der Waals surface area contributed by atoms with Crippen molar-refractivity contribution in [2.24, 2.45) is 0 Å². The van der Waals surface area contributed by atoms with Gasteiger partial charge in [0.25, 0.3) is 0 Å². The lowest BCUT2D eigenvalue weighted by atomic mass is 10.2. The lowest BCUT2D eigenvalue weighted by Gasteiger charge is -2.16. The second kappa shape index (κ2) is 9.01. The largest absolute Gasteiger partial charge is 0.454 e. The Kier molecular flexibility index (Phi) is 5.78. The molecule has 0 unspecified atom stereocenters. The highest BCUT2D eigenvalue weighted by molar-refractivity contribution is 8.01. The summed E-state index contributed by atoms with van der Waals surface area (Å²) in [6.45, 7) is 0.906. The molecule has 0 bridgehead atoms. The molecule has 2 aliphatic heterocycles. The number of benzene rings is 2. The van der Waals surface area contributed by atoms with Crippen LogP contribution in [0.2, 0.25) is 0 Å². The average molecular weight is 467 g/mol. The topological polar surface area (TPSA) is 93.6 Å². The molecule has 1 N–H and O–H groups in total. The van der Waals surface area contributed by atoms with Crippen LogP contribution in [0, 0.1) is 0 Å². The Hall–Kier alpha value is -3.37. The van der Waals surface area contributed by atoms with E-state index in [1.54, 1.807) is 12.1 Å². The van der Waals surface area contributed by atoms with Crippen LogP contribution in [-0.2, 0) is 16.0 Å². The number of hydrogen-bond acceptors (Lipinski definition) is 8. The number of ether oxygens (including phenoxy) is 2. The Balaban J connectivity index is 1.13. The van der Waals surface area contributed by atoms with E-state index >= 15 is 0 Å².